The summed E-state index contributed by atoms with van der Waals surface area (Å²) < 4.78 is 12.4. The van der Waals surface area contributed by atoms with Gasteiger partial charge in [0.1, 0.15) is 30.0 Å². The van der Waals surface area contributed by atoms with E-state index < -0.39 is 47.5 Å². The maximum Gasteiger partial charge on any atom is 0.408 e. The molecule has 44 heavy (non-hydrogen) atoms. The number of aliphatic carboxylic acids is 1. The van der Waals surface area contributed by atoms with Gasteiger partial charge in [0.05, 0.1) is 29.2 Å². The van der Waals surface area contributed by atoms with E-state index in [0.717, 1.165) is 38.5 Å². The molecule has 5 rings (SSSR count). The van der Waals surface area contributed by atoms with Crippen LogP contribution in [-0.4, -0.2) is 68.8 Å². The van der Waals surface area contributed by atoms with Crippen LogP contribution in [0.4, 0.5) is 4.79 Å². The first-order chi connectivity index (χ1) is 20.8. The van der Waals surface area contributed by atoms with E-state index in [9.17, 15) is 24.8 Å². The van der Waals surface area contributed by atoms with Gasteiger partial charge in [-0.2, -0.15) is 5.26 Å². The summed E-state index contributed by atoms with van der Waals surface area (Å²) in [6.07, 6.45) is 4.50. The van der Waals surface area contributed by atoms with Crippen LogP contribution in [0, 0.1) is 34.5 Å². The van der Waals surface area contributed by atoms with E-state index in [4.69, 9.17) is 19.4 Å². The number of nitrogens with one attached hydrogen (secondary N) is 1. The Hall–Kier alpha value is -3.94. The Bertz CT molecular complexity index is 1470. The highest BCUT2D eigenvalue weighted by atomic mass is 16.6. The number of rotatable bonds is 1. The third-order valence-electron chi connectivity index (χ3n) is 9.41. The van der Waals surface area contributed by atoms with Crippen molar-refractivity contribution < 1.29 is 29.0 Å². The van der Waals surface area contributed by atoms with Crippen LogP contribution >= 0.6 is 0 Å². The highest BCUT2D eigenvalue weighted by Crippen LogP contribution is 2.37. The number of hydrogen-bond acceptors (Lipinski definition) is 8. The normalized spacial score (nSPS) is 30.2. The summed E-state index contributed by atoms with van der Waals surface area (Å²) in [7, 11) is 0. The molecule has 1 aromatic carbocycles. The van der Waals surface area contributed by atoms with Gasteiger partial charge in [0.25, 0.3) is 0 Å². The van der Waals surface area contributed by atoms with Crippen LogP contribution in [0.3, 0.4) is 0 Å². The molecule has 11 nitrogen and oxygen atoms in total. The average Bonchev–Trinajstić information content (AvgIpc) is 3.47. The number of amides is 2. The van der Waals surface area contributed by atoms with Crippen molar-refractivity contribution in [3.8, 4) is 11.9 Å². The Balaban J connectivity index is 1.53. The van der Waals surface area contributed by atoms with Crippen LogP contribution in [0.1, 0.15) is 84.4 Å². The minimum Gasteiger partial charge on any atom is -0.480 e. The van der Waals surface area contributed by atoms with Crippen LogP contribution in [-0.2, 0) is 20.7 Å². The number of alkyl carbamates (subject to hydrolysis) is 1. The summed E-state index contributed by atoms with van der Waals surface area (Å²) in [4.78, 5) is 50.8. The van der Waals surface area contributed by atoms with Crippen molar-refractivity contribution in [2.45, 2.75) is 104 Å². The SMILES string of the molecule is CC1CC2CCCCCc3nc4ccc(C#N)cc4nc3OC3CN(C(=O)C(C(C)(C)C)NC(=O)OC2C1)C(C(=O)O)C3C. The van der Waals surface area contributed by atoms with Crippen LogP contribution in [0.2, 0.25) is 0 Å². The minimum atomic E-state index is -1.17. The van der Waals surface area contributed by atoms with Gasteiger partial charge in [-0.3, -0.25) is 4.79 Å². The number of fused-ring (bicyclic) bond motifs is 5. The summed E-state index contributed by atoms with van der Waals surface area (Å²) in [5.41, 5.74) is 1.55. The number of carbonyl (C=O) groups is 3. The van der Waals surface area contributed by atoms with Gasteiger partial charge in [0.15, 0.2) is 0 Å². The maximum atomic E-state index is 14.1. The number of carboxylic acid groups (broad SMARTS) is 1. The van der Waals surface area contributed by atoms with Crippen LogP contribution < -0.4 is 10.1 Å². The van der Waals surface area contributed by atoms with Crippen molar-refractivity contribution in [1.29, 1.82) is 5.26 Å². The number of carbonyl (C=O) groups excluding carboxylic acids is 2. The molecule has 1 saturated carbocycles. The molecule has 3 aliphatic rings. The zero-order chi connectivity index (χ0) is 31.8. The molecule has 1 aliphatic carbocycles. The quantitative estimate of drug-likeness (QED) is 0.464. The lowest BCUT2D eigenvalue weighted by Gasteiger charge is -2.35. The lowest BCUT2D eigenvalue weighted by molar-refractivity contribution is -0.151. The third kappa shape index (κ3) is 6.59. The molecular formula is C33H43N5O6. The molecule has 2 fully saturated rings. The van der Waals surface area contributed by atoms with Crippen LogP contribution in [0.25, 0.3) is 11.0 Å². The summed E-state index contributed by atoms with van der Waals surface area (Å²) >= 11 is 0. The highest BCUT2D eigenvalue weighted by Gasteiger charge is 2.50. The van der Waals surface area contributed by atoms with Gasteiger partial charge in [-0.15, -0.1) is 0 Å². The number of aromatic nitrogens is 2. The monoisotopic (exact) mass is 605 g/mol. The number of aryl methyl sites for hydroxylation is 1. The first-order valence-electron chi connectivity index (χ1n) is 15.7. The molecule has 2 amide bonds. The number of benzene rings is 1. The molecule has 2 N–H and O–H groups in total. The van der Waals surface area contributed by atoms with Crippen LogP contribution in [0.5, 0.6) is 5.88 Å². The summed E-state index contributed by atoms with van der Waals surface area (Å²) in [6, 6.07) is 5.08. The van der Waals surface area contributed by atoms with Crippen molar-refractivity contribution in [1.82, 2.24) is 20.2 Å². The average molecular weight is 606 g/mol. The van der Waals surface area contributed by atoms with E-state index >= 15 is 0 Å². The van der Waals surface area contributed by atoms with E-state index in [1.165, 1.54) is 4.90 Å². The predicted molar refractivity (Wildman–Crippen MR) is 162 cm³/mol. The fourth-order valence-corrected chi connectivity index (χ4v) is 7.02. The fraction of sp³-hybridized carbons (Fsp3) is 0.636. The highest BCUT2D eigenvalue weighted by molar-refractivity contribution is 5.90. The molecule has 1 aromatic heterocycles. The third-order valence-corrected chi connectivity index (χ3v) is 9.41. The zero-order valence-corrected chi connectivity index (χ0v) is 26.2. The Morgan fingerprint density at radius 1 is 1.07 bits per heavy atom. The van der Waals surface area contributed by atoms with Gasteiger partial charge in [-0.25, -0.2) is 19.6 Å². The van der Waals surface area contributed by atoms with E-state index in [2.05, 4.69) is 18.3 Å². The van der Waals surface area contributed by atoms with E-state index in [1.807, 2.05) is 20.8 Å². The molecule has 0 spiro atoms. The van der Waals surface area contributed by atoms with E-state index in [0.29, 0.717) is 40.5 Å². The molecule has 3 heterocycles. The Kier molecular flexibility index (Phi) is 9.00. The van der Waals surface area contributed by atoms with Gasteiger partial charge >= 0.3 is 12.1 Å². The Morgan fingerprint density at radius 3 is 2.55 bits per heavy atom. The fourth-order valence-electron chi connectivity index (χ4n) is 7.02. The smallest absolute Gasteiger partial charge is 0.408 e. The molecule has 2 aromatic rings. The first-order valence-corrected chi connectivity index (χ1v) is 15.7. The molecular weight excluding hydrogens is 562 g/mol. The molecule has 11 heteroatoms. The number of hydrogen-bond donors (Lipinski definition) is 2. The summed E-state index contributed by atoms with van der Waals surface area (Å²) in [5, 5.41) is 22.5. The van der Waals surface area contributed by atoms with E-state index in [-0.39, 0.29) is 18.6 Å². The number of carboxylic acids is 1. The molecule has 0 radical (unpaired) electrons. The molecule has 7 atom stereocenters. The van der Waals surface area contributed by atoms with Gasteiger partial charge < -0.3 is 24.8 Å². The molecule has 7 unspecified atom stereocenters. The first kappa shape index (κ1) is 31.5. The standard InChI is InChI=1S/C33H43N5O6/c1-18-13-21-9-7-6-8-10-23-29(36-24-15-20(16-34)11-12-22(24)35-23)43-26-17-38(27(19(26)2)31(40)41)30(39)28(33(3,4)5)37-32(42)44-25(21)14-18/h11-12,15,18-19,21,25-28H,6-10,13-14,17H2,1-5H3,(H,37,42)(H,40,41). The molecule has 2 aliphatic heterocycles. The van der Waals surface area contributed by atoms with Crippen molar-refractivity contribution in [2.24, 2.45) is 23.2 Å². The molecule has 236 valence electrons. The van der Waals surface area contributed by atoms with Gasteiger partial charge in [0.2, 0.25) is 11.8 Å². The van der Waals surface area contributed by atoms with Crippen LogP contribution in [0.15, 0.2) is 18.2 Å². The second kappa shape index (κ2) is 12.6. The second-order valence-electron chi connectivity index (χ2n) is 13.9. The second-order valence-corrected chi connectivity index (χ2v) is 13.9. The lowest BCUT2D eigenvalue weighted by atomic mass is 9.85. The number of nitrogens with zero attached hydrogens (tertiary/aromatic N) is 4. The van der Waals surface area contributed by atoms with Gasteiger partial charge in [0, 0.05) is 5.92 Å². The maximum absolute atomic E-state index is 14.1. The molecule has 2 bridgehead atoms. The molecule has 1 saturated heterocycles. The van der Waals surface area contributed by atoms with E-state index in [1.54, 1.807) is 25.1 Å². The van der Waals surface area contributed by atoms with Crippen molar-refractivity contribution >= 4 is 29.0 Å². The predicted octanol–water partition coefficient (Wildman–Crippen LogP) is 4.85. The summed E-state index contributed by atoms with van der Waals surface area (Å²) in [6.45, 7) is 9.41. The van der Waals surface area contributed by atoms with Crippen molar-refractivity contribution in [3.63, 3.8) is 0 Å². The van der Waals surface area contributed by atoms with Crippen molar-refractivity contribution in [2.75, 3.05) is 6.54 Å². The van der Waals surface area contributed by atoms with Crippen molar-refractivity contribution in [3.05, 3.63) is 29.5 Å². The lowest BCUT2D eigenvalue weighted by Crippen LogP contribution is -2.57. The Labute approximate surface area is 258 Å². The number of nitriles is 1. The largest absolute Gasteiger partial charge is 0.480 e. The summed E-state index contributed by atoms with van der Waals surface area (Å²) in [5.74, 6) is -1.26. The topological polar surface area (TPSA) is 155 Å². The minimum absolute atomic E-state index is 0.000119. The number of ether oxygens (including phenoxy) is 2. The zero-order valence-electron chi connectivity index (χ0n) is 26.2. The van der Waals surface area contributed by atoms with Gasteiger partial charge in [-0.05, 0) is 67.6 Å². The Morgan fingerprint density at radius 2 is 1.84 bits per heavy atom. The van der Waals surface area contributed by atoms with Gasteiger partial charge in [-0.1, -0.05) is 47.5 Å².